The molecule has 1 aliphatic heterocycles. The van der Waals surface area contributed by atoms with Crippen LogP contribution in [0.4, 0.5) is 4.48 Å². The van der Waals surface area contributed by atoms with Crippen LogP contribution in [0, 0.1) is 0 Å². The van der Waals surface area contributed by atoms with E-state index in [0.717, 1.165) is 0 Å². The highest BCUT2D eigenvalue weighted by Gasteiger charge is 2.16. The quantitative estimate of drug-likeness (QED) is 0.611. The third-order valence-corrected chi connectivity index (χ3v) is 1.89. The summed E-state index contributed by atoms with van der Waals surface area (Å²) in [5.74, 6) is 0. The first-order chi connectivity index (χ1) is 6.38. The van der Waals surface area contributed by atoms with Crippen LogP contribution in [-0.2, 0) is 0 Å². The zero-order chi connectivity index (χ0) is 9.10. The van der Waals surface area contributed by atoms with Gasteiger partial charge in [-0.15, -0.1) is 0 Å². The highest BCUT2D eigenvalue weighted by atomic mass is 19.2. The van der Waals surface area contributed by atoms with Crippen LogP contribution in [-0.4, -0.2) is 10.1 Å². The Morgan fingerprint density at radius 2 is 2.23 bits per heavy atom. The molecule has 2 nitrogen and oxygen atoms in total. The fraction of sp³-hybridized carbons (Fsp3) is 0.100. The number of hydrogen-bond acceptors (Lipinski definition) is 2. The van der Waals surface area contributed by atoms with Gasteiger partial charge in [0.25, 0.3) is 0 Å². The van der Waals surface area contributed by atoms with Crippen LogP contribution >= 0.6 is 0 Å². The largest absolute Gasteiger partial charge is 0.259 e. The lowest BCUT2D eigenvalue weighted by Crippen LogP contribution is -2.15. The summed E-state index contributed by atoms with van der Waals surface area (Å²) < 4.78 is 13.2. The minimum Gasteiger partial charge on any atom is -0.259 e. The van der Waals surface area contributed by atoms with Crippen molar-refractivity contribution in [2.75, 3.05) is 0 Å². The maximum atomic E-state index is 13.2. The fourth-order valence-corrected chi connectivity index (χ4v) is 1.25. The highest BCUT2D eigenvalue weighted by molar-refractivity contribution is 5.20. The molecule has 0 saturated carbocycles. The molecule has 1 aliphatic rings. The summed E-state index contributed by atoms with van der Waals surface area (Å²) in [4.78, 5) is 4.09. The van der Waals surface area contributed by atoms with Gasteiger partial charge in [-0.1, -0.05) is 22.7 Å². The van der Waals surface area contributed by atoms with Gasteiger partial charge in [-0.3, -0.25) is 4.98 Å². The summed E-state index contributed by atoms with van der Waals surface area (Å²) in [6.07, 6.45) is 8.28. The standard InChI is InChI=1S/C10H9FN2/c11-13-8-4-2-6-10(13)9-5-1-3-7-12-9/h1-8,10H. The Hall–Kier alpha value is -1.64. The molecule has 0 aromatic carbocycles. The molecular formula is C10H9FN2. The molecule has 1 aromatic rings. The fourth-order valence-electron chi connectivity index (χ4n) is 1.25. The van der Waals surface area contributed by atoms with E-state index in [9.17, 15) is 4.48 Å². The number of hydrogen-bond donors (Lipinski definition) is 0. The third-order valence-electron chi connectivity index (χ3n) is 1.89. The van der Waals surface area contributed by atoms with Gasteiger partial charge in [0.2, 0.25) is 0 Å². The lowest BCUT2D eigenvalue weighted by Gasteiger charge is -2.20. The SMILES string of the molecule is FN1C=CC=CC1c1ccccn1. The second-order valence-electron chi connectivity index (χ2n) is 2.77. The van der Waals surface area contributed by atoms with Gasteiger partial charge in [0.1, 0.15) is 6.04 Å². The van der Waals surface area contributed by atoms with E-state index in [-0.39, 0.29) is 6.04 Å². The van der Waals surface area contributed by atoms with Crippen molar-refractivity contribution in [3.63, 3.8) is 0 Å². The van der Waals surface area contributed by atoms with Crippen LogP contribution in [0.3, 0.4) is 0 Å². The first-order valence-corrected chi connectivity index (χ1v) is 4.08. The smallest absolute Gasteiger partial charge is 0.121 e. The molecule has 0 N–H and O–H groups in total. The average Bonchev–Trinajstić information content (AvgIpc) is 2.20. The predicted octanol–water partition coefficient (Wildman–Crippen LogP) is 2.39. The van der Waals surface area contributed by atoms with Gasteiger partial charge in [-0.25, -0.2) is 5.12 Å². The third kappa shape index (κ3) is 1.59. The molecule has 0 radical (unpaired) electrons. The molecular weight excluding hydrogens is 167 g/mol. The van der Waals surface area contributed by atoms with Crippen molar-refractivity contribution in [2.24, 2.45) is 0 Å². The lowest BCUT2D eigenvalue weighted by atomic mass is 10.1. The molecule has 0 spiro atoms. The van der Waals surface area contributed by atoms with Crippen LogP contribution in [0.25, 0.3) is 0 Å². The number of pyridine rings is 1. The zero-order valence-electron chi connectivity index (χ0n) is 6.97. The first kappa shape index (κ1) is 7.98. The van der Waals surface area contributed by atoms with Crippen LogP contribution in [0.2, 0.25) is 0 Å². The van der Waals surface area contributed by atoms with Gasteiger partial charge in [0.05, 0.1) is 5.69 Å². The Labute approximate surface area is 76.0 Å². The van der Waals surface area contributed by atoms with E-state index in [1.54, 1.807) is 24.4 Å². The molecule has 66 valence electrons. The van der Waals surface area contributed by atoms with Crippen molar-refractivity contribution < 1.29 is 4.48 Å². The summed E-state index contributed by atoms with van der Waals surface area (Å²) in [6, 6.07) is 5.09. The number of rotatable bonds is 1. The van der Waals surface area contributed by atoms with E-state index < -0.39 is 0 Å². The van der Waals surface area contributed by atoms with Crippen molar-refractivity contribution in [3.8, 4) is 0 Å². The van der Waals surface area contributed by atoms with E-state index in [0.29, 0.717) is 10.8 Å². The maximum absolute atomic E-state index is 13.2. The van der Waals surface area contributed by atoms with Gasteiger partial charge >= 0.3 is 0 Å². The summed E-state index contributed by atoms with van der Waals surface area (Å²) in [5.41, 5.74) is 0.714. The molecule has 3 heteroatoms. The van der Waals surface area contributed by atoms with E-state index in [1.807, 2.05) is 18.2 Å². The molecule has 2 rings (SSSR count). The first-order valence-electron chi connectivity index (χ1n) is 4.08. The van der Waals surface area contributed by atoms with Crippen molar-refractivity contribution in [2.45, 2.75) is 6.04 Å². The number of allylic oxidation sites excluding steroid dienone is 2. The van der Waals surface area contributed by atoms with Crippen LogP contribution in [0.1, 0.15) is 11.7 Å². The normalized spacial score (nSPS) is 20.7. The monoisotopic (exact) mass is 176 g/mol. The van der Waals surface area contributed by atoms with Crippen LogP contribution in [0.5, 0.6) is 0 Å². The van der Waals surface area contributed by atoms with E-state index in [2.05, 4.69) is 4.98 Å². The Morgan fingerprint density at radius 1 is 1.31 bits per heavy atom. The zero-order valence-corrected chi connectivity index (χ0v) is 6.97. The summed E-state index contributed by atoms with van der Waals surface area (Å²) in [7, 11) is 0. The summed E-state index contributed by atoms with van der Waals surface area (Å²) >= 11 is 0. The minimum absolute atomic E-state index is 0.383. The Bertz CT molecular complexity index is 332. The second kappa shape index (κ2) is 3.39. The lowest BCUT2D eigenvalue weighted by molar-refractivity contribution is 0.0534. The van der Waals surface area contributed by atoms with Crippen molar-refractivity contribution >= 4 is 0 Å². The number of nitrogens with zero attached hydrogens (tertiary/aromatic N) is 2. The van der Waals surface area contributed by atoms with E-state index in [1.165, 1.54) is 6.20 Å². The maximum Gasteiger partial charge on any atom is 0.121 e. The molecule has 1 atom stereocenters. The summed E-state index contributed by atoms with van der Waals surface area (Å²) in [6.45, 7) is 0. The van der Waals surface area contributed by atoms with Crippen LogP contribution < -0.4 is 0 Å². The number of aromatic nitrogens is 1. The Morgan fingerprint density at radius 3 is 2.92 bits per heavy atom. The topological polar surface area (TPSA) is 16.1 Å². The molecule has 0 fully saturated rings. The highest BCUT2D eigenvalue weighted by Crippen LogP contribution is 2.23. The van der Waals surface area contributed by atoms with Crippen molar-refractivity contribution in [1.29, 1.82) is 0 Å². The second-order valence-corrected chi connectivity index (χ2v) is 2.77. The van der Waals surface area contributed by atoms with Gasteiger partial charge in [-0.05, 0) is 18.2 Å². The van der Waals surface area contributed by atoms with E-state index >= 15 is 0 Å². The number of halogens is 1. The molecule has 13 heavy (non-hydrogen) atoms. The van der Waals surface area contributed by atoms with E-state index in [4.69, 9.17) is 0 Å². The van der Waals surface area contributed by atoms with Gasteiger partial charge in [0.15, 0.2) is 0 Å². The minimum atomic E-state index is -0.383. The molecule has 0 aliphatic carbocycles. The van der Waals surface area contributed by atoms with Crippen LogP contribution in [0.15, 0.2) is 48.8 Å². The molecule has 0 amide bonds. The molecule has 0 saturated heterocycles. The molecule has 1 aromatic heterocycles. The van der Waals surface area contributed by atoms with Crippen molar-refractivity contribution in [3.05, 3.63) is 54.5 Å². The van der Waals surface area contributed by atoms with Gasteiger partial charge in [-0.2, -0.15) is 0 Å². The predicted molar refractivity (Wildman–Crippen MR) is 48.2 cm³/mol. The van der Waals surface area contributed by atoms with Gasteiger partial charge in [0, 0.05) is 12.4 Å². The molecule has 1 unspecified atom stereocenters. The average molecular weight is 176 g/mol. The summed E-state index contributed by atoms with van der Waals surface area (Å²) in [5, 5.41) is 0.641. The van der Waals surface area contributed by atoms with Gasteiger partial charge < -0.3 is 0 Å². The Kier molecular flexibility index (Phi) is 2.08. The Balaban J connectivity index is 2.27. The van der Waals surface area contributed by atoms with Crippen molar-refractivity contribution in [1.82, 2.24) is 10.1 Å². The molecule has 2 heterocycles. The molecule has 0 bridgehead atoms.